The average Bonchev–Trinajstić information content (AvgIpc) is 2.52. The molecule has 1 aliphatic rings. The van der Waals surface area contributed by atoms with Gasteiger partial charge in [0.1, 0.15) is 5.82 Å². The van der Waals surface area contributed by atoms with Crippen LogP contribution in [0.15, 0.2) is 24.3 Å². The Kier molecular flexibility index (Phi) is 6.36. The molecule has 22 heavy (non-hydrogen) atoms. The molecule has 2 rings (SSSR count). The third kappa shape index (κ3) is 4.77. The number of nitrogens with zero attached hydrogens (tertiary/aromatic N) is 1. The zero-order chi connectivity index (χ0) is 16.0. The molecule has 1 saturated heterocycles. The van der Waals surface area contributed by atoms with E-state index < -0.39 is 0 Å². The summed E-state index contributed by atoms with van der Waals surface area (Å²) in [4.78, 5) is 2.34. The van der Waals surface area contributed by atoms with Crippen LogP contribution in [0.5, 0.6) is 0 Å². The fourth-order valence-electron chi connectivity index (χ4n) is 3.08. The SMILES string of the molecule is C[C@H](CCc1cccc(F)c1)NCC1(N(C)C)CCOCC1. The Balaban J connectivity index is 1.80. The van der Waals surface area contributed by atoms with Gasteiger partial charge in [-0.25, -0.2) is 4.39 Å². The first-order chi connectivity index (χ1) is 10.5. The van der Waals surface area contributed by atoms with E-state index in [2.05, 4.69) is 31.2 Å². The predicted octanol–water partition coefficient (Wildman–Crippen LogP) is 2.85. The van der Waals surface area contributed by atoms with Crippen molar-refractivity contribution >= 4 is 0 Å². The van der Waals surface area contributed by atoms with Gasteiger partial charge in [0.15, 0.2) is 0 Å². The Bertz CT molecular complexity index is 458. The van der Waals surface area contributed by atoms with Crippen LogP contribution in [-0.4, -0.2) is 50.3 Å². The summed E-state index contributed by atoms with van der Waals surface area (Å²) in [5.41, 5.74) is 1.27. The smallest absolute Gasteiger partial charge is 0.123 e. The Labute approximate surface area is 133 Å². The number of rotatable bonds is 7. The van der Waals surface area contributed by atoms with Crippen molar-refractivity contribution in [2.24, 2.45) is 0 Å². The van der Waals surface area contributed by atoms with Gasteiger partial charge in [0.2, 0.25) is 0 Å². The minimum atomic E-state index is -0.146. The molecule has 0 radical (unpaired) electrons. The topological polar surface area (TPSA) is 24.5 Å². The standard InChI is InChI=1S/C18H29FN2O/c1-15(7-8-16-5-4-6-17(19)13-16)20-14-18(21(2)3)9-11-22-12-10-18/h4-6,13,15,20H,7-12,14H2,1-3H3/t15-/m1/s1. The third-order valence-electron chi connectivity index (χ3n) is 4.91. The van der Waals surface area contributed by atoms with Crippen molar-refractivity contribution in [2.75, 3.05) is 33.9 Å². The van der Waals surface area contributed by atoms with E-state index in [1.807, 2.05) is 6.07 Å². The Morgan fingerprint density at radius 2 is 2.05 bits per heavy atom. The summed E-state index contributed by atoms with van der Waals surface area (Å²) in [7, 11) is 4.31. The molecule has 0 saturated carbocycles. The molecule has 1 aliphatic heterocycles. The van der Waals surface area contributed by atoms with Crippen LogP contribution >= 0.6 is 0 Å². The maximum Gasteiger partial charge on any atom is 0.123 e. The van der Waals surface area contributed by atoms with Gasteiger partial charge in [-0.3, -0.25) is 0 Å². The molecular formula is C18H29FN2O. The normalized spacial score (nSPS) is 19.3. The number of benzene rings is 1. The third-order valence-corrected chi connectivity index (χ3v) is 4.91. The predicted molar refractivity (Wildman–Crippen MR) is 88.7 cm³/mol. The van der Waals surface area contributed by atoms with Gasteiger partial charge in [0.05, 0.1) is 0 Å². The molecule has 0 bridgehead atoms. The summed E-state index contributed by atoms with van der Waals surface area (Å²) in [5.74, 6) is -0.146. The van der Waals surface area contributed by atoms with E-state index in [-0.39, 0.29) is 11.4 Å². The van der Waals surface area contributed by atoms with Gasteiger partial charge in [-0.05, 0) is 64.4 Å². The van der Waals surface area contributed by atoms with Crippen molar-refractivity contribution in [1.82, 2.24) is 10.2 Å². The molecule has 1 aromatic rings. The van der Waals surface area contributed by atoms with Crippen LogP contribution in [0.2, 0.25) is 0 Å². The summed E-state index contributed by atoms with van der Waals surface area (Å²) in [6.45, 7) is 4.88. The Morgan fingerprint density at radius 3 is 2.68 bits per heavy atom. The van der Waals surface area contributed by atoms with Crippen LogP contribution in [0.1, 0.15) is 31.7 Å². The van der Waals surface area contributed by atoms with Crippen molar-refractivity contribution < 1.29 is 9.13 Å². The minimum absolute atomic E-state index is 0.146. The second-order valence-electron chi connectivity index (χ2n) is 6.68. The summed E-state index contributed by atoms with van der Waals surface area (Å²) in [6, 6.07) is 7.33. The monoisotopic (exact) mass is 308 g/mol. The molecule has 0 spiro atoms. The summed E-state index contributed by atoms with van der Waals surface area (Å²) in [6.07, 6.45) is 4.07. The molecule has 1 aromatic carbocycles. The lowest BCUT2D eigenvalue weighted by Crippen LogP contribution is -2.56. The highest BCUT2D eigenvalue weighted by Gasteiger charge is 2.34. The van der Waals surface area contributed by atoms with Gasteiger partial charge in [-0.1, -0.05) is 12.1 Å². The zero-order valence-corrected chi connectivity index (χ0v) is 14.1. The second-order valence-corrected chi connectivity index (χ2v) is 6.68. The molecule has 0 aromatic heterocycles. The Hall–Kier alpha value is -0.970. The van der Waals surface area contributed by atoms with E-state index in [0.29, 0.717) is 6.04 Å². The molecule has 124 valence electrons. The maximum absolute atomic E-state index is 13.2. The van der Waals surface area contributed by atoms with Gasteiger partial charge in [-0.2, -0.15) is 0 Å². The number of likely N-dealkylation sites (N-methyl/N-ethyl adjacent to an activating group) is 1. The fourth-order valence-corrected chi connectivity index (χ4v) is 3.08. The maximum atomic E-state index is 13.2. The minimum Gasteiger partial charge on any atom is -0.381 e. The highest BCUT2D eigenvalue weighted by atomic mass is 19.1. The van der Waals surface area contributed by atoms with E-state index in [0.717, 1.165) is 51.0 Å². The highest BCUT2D eigenvalue weighted by molar-refractivity contribution is 5.16. The van der Waals surface area contributed by atoms with Crippen molar-refractivity contribution in [1.29, 1.82) is 0 Å². The highest BCUT2D eigenvalue weighted by Crippen LogP contribution is 2.25. The van der Waals surface area contributed by atoms with Crippen LogP contribution in [0.25, 0.3) is 0 Å². The number of halogens is 1. The van der Waals surface area contributed by atoms with E-state index in [4.69, 9.17) is 4.74 Å². The van der Waals surface area contributed by atoms with Gasteiger partial charge >= 0.3 is 0 Å². The first-order valence-corrected chi connectivity index (χ1v) is 8.25. The lowest BCUT2D eigenvalue weighted by Gasteiger charge is -2.43. The fraction of sp³-hybridized carbons (Fsp3) is 0.667. The average molecular weight is 308 g/mol. The summed E-state index contributed by atoms with van der Waals surface area (Å²) >= 11 is 0. The number of hydrogen-bond donors (Lipinski definition) is 1. The molecule has 4 heteroatoms. The van der Waals surface area contributed by atoms with E-state index >= 15 is 0 Å². The number of ether oxygens (including phenoxy) is 1. The molecule has 1 atom stereocenters. The quantitative estimate of drug-likeness (QED) is 0.838. The van der Waals surface area contributed by atoms with Crippen LogP contribution in [0.4, 0.5) is 4.39 Å². The van der Waals surface area contributed by atoms with E-state index in [1.54, 1.807) is 12.1 Å². The molecular weight excluding hydrogens is 279 g/mol. The largest absolute Gasteiger partial charge is 0.381 e. The molecule has 1 heterocycles. The van der Waals surface area contributed by atoms with Gasteiger partial charge in [-0.15, -0.1) is 0 Å². The summed E-state index contributed by atoms with van der Waals surface area (Å²) in [5, 5.41) is 3.67. The van der Waals surface area contributed by atoms with Crippen LogP contribution in [0.3, 0.4) is 0 Å². The molecule has 1 fully saturated rings. The van der Waals surface area contributed by atoms with Gasteiger partial charge in [0.25, 0.3) is 0 Å². The lowest BCUT2D eigenvalue weighted by atomic mass is 9.88. The number of aryl methyl sites for hydroxylation is 1. The van der Waals surface area contributed by atoms with Crippen LogP contribution < -0.4 is 5.32 Å². The van der Waals surface area contributed by atoms with Crippen LogP contribution in [-0.2, 0) is 11.2 Å². The van der Waals surface area contributed by atoms with E-state index in [1.165, 1.54) is 6.07 Å². The number of hydrogen-bond acceptors (Lipinski definition) is 3. The van der Waals surface area contributed by atoms with E-state index in [9.17, 15) is 4.39 Å². The van der Waals surface area contributed by atoms with Crippen molar-refractivity contribution in [3.05, 3.63) is 35.6 Å². The molecule has 0 unspecified atom stereocenters. The molecule has 0 aliphatic carbocycles. The van der Waals surface area contributed by atoms with Crippen molar-refractivity contribution in [2.45, 2.75) is 44.2 Å². The molecule has 1 N–H and O–H groups in total. The zero-order valence-electron chi connectivity index (χ0n) is 14.1. The van der Waals surface area contributed by atoms with Gasteiger partial charge in [0, 0.05) is 31.3 Å². The number of nitrogens with one attached hydrogen (secondary N) is 1. The van der Waals surface area contributed by atoms with Crippen molar-refractivity contribution in [3.63, 3.8) is 0 Å². The molecule has 3 nitrogen and oxygen atoms in total. The first-order valence-electron chi connectivity index (χ1n) is 8.25. The van der Waals surface area contributed by atoms with Crippen LogP contribution in [0, 0.1) is 5.82 Å². The molecule has 0 amide bonds. The second kappa shape index (κ2) is 8.04. The van der Waals surface area contributed by atoms with Crippen molar-refractivity contribution in [3.8, 4) is 0 Å². The van der Waals surface area contributed by atoms with Gasteiger partial charge < -0.3 is 15.0 Å². The Morgan fingerprint density at radius 1 is 1.32 bits per heavy atom. The summed E-state index contributed by atoms with van der Waals surface area (Å²) < 4.78 is 18.7. The lowest BCUT2D eigenvalue weighted by molar-refractivity contribution is -0.00812. The first kappa shape index (κ1) is 17.4.